The van der Waals surface area contributed by atoms with Crippen LogP contribution in [0.5, 0.6) is 0 Å². The van der Waals surface area contributed by atoms with Gasteiger partial charge in [-0.1, -0.05) is 15.9 Å². The molecule has 1 saturated heterocycles. The predicted octanol–water partition coefficient (Wildman–Crippen LogP) is 3.14. The Morgan fingerprint density at radius 1 is 1.30 bits per heavy atom. The van der Waals surface area contributed by atoms with Gasteiger partial charge in [-0.25, -0.2) is 0 Å². The Morgan fingerprint density at radius 3 is 2.74 bits per heavy atom. The first-order valence-corrected chi connectivity index (χ1v) is 8.11. The summed E-state index contributed by atoms with van der Waals surface area (Å²) < 4.78 is 1.000. The fourth-order valence-electron chi connectivity index (χ4n) is 2.61. The van der Waals surface area contributed by atoms with E-state index in [1.54, 1.807) is 29.4 Å². The van der Waals surface area contributed by atoms with Crippen LogP contribution < -0.4 is 10.2 Å². The number of aryl methyl sites for hydroxylation is 1. The zero-order chi connectivity index (χ0) is 16.4. The molecule has 118 valence electrons. The number of aromatic nitrogens is 1. The number of carbonyl (C=O) groups excluding carboxylic acids is 2. The smallest absolute Gasteiger partial charge is 0.229 e. The van der Waals surface area contributed by atoms with Gasteiger partial charge in [0, 0.05) is 41.2 Å². The molecule has 1 fully saturated rings. The van der Waals surface area contributed by atoms with E-state index < -0.39 is 0 Å². The average molecular weight is 374 g/mol. The molecule has 2 heterocycles. The Morgan fingerprint density at radius 2 is 2.04 bits per heavy atom. The summed E-state index contributed by atoms with van der Waals surface area (Å²) in [4.78, 5) is 30.2. The minimum atomic E-state index is -0.348. The predicted molar refractivity (Wildman–Crippen MR) is 92.2 cm³/mol. The Hall–Kier alpha value is -2.21. The number of amides is 2. The van der Waals surface area contributed by atoms with Gasteiger partial charge >= 0.3 is 0 Å². The topological polar surface area (TPSA) is 62.3 Å². The van der Waals surface area contributed by atoms with Crippen molar-refractivity contribution in [3.8, 4) is 0 Å². The van der Waals surface area contributed by atoms with Crippen LogP contribution in [0, 0.1) is 12.8 Å². The largest absolute Gasteiger partial charge is 0.326 e. The van der Waals surface area contributed by atoms with Gasteiger partial charge in [-0.05, 0) is 42.8 Å². The van der Waals surface area contributed by atoms with Gasteiger partial charge in [0.25, 0.3) is 0 Å². The molecular weight excluding hydrogens is 358 g/mol. The van der Waals surface area contributed by atoms with Gasteiger partial charge in [0.2, 0.25) is 11.8 Å². The maximum Gasteiger partial charge on any atom is 0.229 e. The number of halogens is 1. The Balaban J connectivity index is 1.71. The Kier molecular flexibility index (Phi) is 4.43. The minimum absolute atomic E-state index is 0.0263. The summed E-state index contributed by atoms with van der Waals surface area (Å²) in [6.07, 6.45) is 3.46. The Labute approximate surface area is 142 Å². The van der Waals surface area contributed by atoms with E-state index in [9.17, 15) is 9.59 Å². The normalized spacial score (nSPS) is 17.4. The van der Waals surface area contributed by atoms with E-state index in [4.69, 9.17) is 0 Å². The molecule has 0 bridgehead atoms. The van der Waals surface area contributed by atoms with Crippen molar-refractivity contribution >= 4 is 39.1 Å². The van der Waals surface area contributed by atoms with E-state index in [2.05, 4.69) is 26.2 Å². The second kappa shape index (κ2) is 6.50. The number of nitrogens with zero attached hydrogens (tertiary/aromatic N) is 2. The van der Waals surface area contributed by atoms with Crippen molar-refractivity contribution in [3.05, 3.63) is 52.8 Å². The number of rotatable bonds is 3. The highest BCUT2D eigenvalue weighted by Crippen LogP contribution is 2.29. The first-order chi connectivity index (χ1) is 11.0. The number of pyridine rings is 1. The third-order valence-electron chi connectivity index (χ3n) is 3.90. The minimum Gasteiger partial charge on any atom is -0.326 e. The molecule has 0 radical (unpaired) electrons. The van der Waals surface area contributed by atoms with Crippen LogP contribution in [0.15, 0.2) is 47.2 Å². The van der Waals surface area contributed by atoms with Gasteiger partial charge in [0.1, 0.15) is 0 Å². The molecular formula is C17H16BrN3O2. The number of benzene rings is 1. The maximum absolute atomic E-state index is 12.3. The van der Waals surface area contributed by atoms with Crippen molar-refractivity contribution in [1.82, 2.24) is 4.98 Å². The molecule has 3 rings (SSSR count). The van der Waals surface area contributed by atoms with Gasteiger partial charge < -0.3 is 10.2 Å². The molecule has 6 heteroatoms. The van der Waals surface area contributed by atoms with Crippen molar-refractivity contribution in [2.75, 3.05) is 16.8 Å². The molecule has 0 saturated carbocycles. The number of anilines is 2. The highest BCUT2D eigenvalue weighted by atomic mass is 79.9. The lowest BCUT2D eigenvalue weighted by molar-refractivity contribution is -0.122. The van der Waals surface area contributed by atoms with Crippen LogP contribution in [0.1, 0.15) is 12.0 Å². The summed E-state index contributed by atoms with van der Waals surface area (Å²) in [6, 6.07) is 9.21. The lowest BCUT2D eigenvalue weighted by atomic mass is 10.1. The quantitative estimate of drug-likeness (QED) is 0.898. The molecule has 1 N–H and O–H groups in total. The first kappa shape index (κ1) is 15.7. The zero-order valence-electron chi connectivity index (χ0n) is 12.6. The molecule has 5 nitrogen and oxygen atoms in total. The van der Waals surface area contributed by atoms with E-state index in [0.29, 0.717) is 12.2 Å². The third-order valence-corrected chi connectivity index (χ3v) is 4.79. The lowest BCUT2D eigenvalue weighted by Gasteiger charge is -2.17. The molecule has 2 amide bonds. The first-order valence-electron chi connectivity index (χ1n) is 7.32. The van der Waals surface area contributed by atoms with E-state index in [1.165, 1.54) is 0 Å². The van der Waals surface area contributed by atoms with Crippen LogP contribution in [0.25, 0.3) is 0 Å². The van der Waals surface area contributed by atoms with Crippen LogP contribution in [-0.2, 0) is 9.59 Å². The molecule has 1 atom stereocenters. The zero-order valence-corrected chi connectivity index (χ0v) is 14.2. The maximum atomic E-state index is 12.3. The highest BCUT2D eigenvalue weighted by molar-refractivity contribution is 9.10. The van der Waals surface area contributed by atoms with E-state index >= 15 is 0 Å². The monoisotopic (exact) mass is 373 g/mol. The van der Waals surface area contributed by atoms with E-state index in [0.717, 1.165) is 15.7 Å². The molecule has 1 aliphatic heterocycles. The van der Waals surface area contributed by atoms with Crippen LogP contribution >= 0.6 is 15.9 Å². The standard InChI is InChI=1S/C17H16BrN3O2/c1-11-8-14(2-3-15(11)18)21-10-12(9-16(21)22)17(23)20-13-4-6-19-7-5-13/h2-8,12H,9-10H2,1H3,(H,19,20,23)/t12-/m0/s1. The van der Waals surface area contributed by atoms with E-state index in [-0.39, 0.29) is 24.2 Å². The lowest BCUT2D eigenvalue weighted by Crippen LogP contribution is -2.28. The average Bonchev–Trinajstić information content (AvgIpc) is 2.93. The molecule has 2 aromatic rings. The number of carbonyl (C=O) groups is 2. The molecule has 1 aromatic carbocycles. The summed E-state index contributed by atoms with van der Waals surface area (Å²) in [6.45, 7) is 2.37. The third kappa shape index (κ3) is 3.42. The Bertz CT molecular complexity index is 749. The van der Waals surface area contributed by atoms with Crippen molar-refractivity contribution < 1.29 is 9.59 Å². The summed E-state index contributed by atoms with van der Waals surface area (Å²) >= 11 is 3.45. The molecule has 0 unspecified atom stereocenters. The number of nitrogens with one attached hydrogen (secondary N) is 1. The van der Waals surface area contributed by atoms with Crippen LogP contribution in [0.3, 0.4) is 0 Å². The summed E-state index contributed by atoms with van der Waals surface area (Å²) in [5.74, 6) is -0.512. The SMILES string of the molecule is Cc1cc(N2C[C@@H](C(=O)Nc3ccncc3)CC2=O)ccc1Br. The fourth-order valence-corrected chi connectivity index (χ4v) is 2.86. The van der Waals surface area contributed by atoms with Crippen LogP contribution in [-0.4, -0.2) is 23.3 Å². The summed E-state index contributed by atoms with van der Waals surface area (Å²) in [5, 5.41) is 2.83. The van der Waals surface area contributed by atoms with Crippen molar-refractivity contribution in [2.24, 2.45) is 5.92 Å². The van der Waals surface area contributed by atoms with Gasteiger partial charge in [0.05, 0.1) is 5.92 Å². The summed E-state index contributed by atoms with van der Waals surface area (Å²) in [5.41, 5.74) is 2.57. The summed E-state index contributed by atoms with van der Waals surface area (Å²) in [7, 11) is 0. The molecule has 1 aromatic heterocycles. The van der Waals surface area contributed by atoms with Crippen LogP contribution in [0.4, 0.5) is 11.4 Å². The number of hydrogen-bond donors (Lipinski definition) is 1. The van der Waals surface area contributed by atoms with Gasteiger partial charge in [-0.3, -0.25) is 14.6 Å². The van der Waals surface area contributed by atoms with Crippen molar-refractivity contribution in [2.45, 2.75) is 13.3 Å². The van der Waals surface area contributed by atoms with Crippen molar-refractivity contribution in [3.63, 3.8) is 0 Å². The molecule has 0 aliphatic carbocycles. The van der Waals surface area contributed by atoms with Gasteiger partial charge in [-0.15, -0.1) is 0 Å². The van der Waals surface area contributed by atoms with Crippen LogP contribution in [0.2, 0.25) is 0 Å². The highest BCUT2D eigenvalue weighted by Gasteiger charge is 2.35. The molecule has 0 spiro atoms. The fraction of sp³-hybridized carbons (Fsp3) is 0.235. The molecule has 23 heavy (non-hydrogen) atoms. The molecule has 1 aliphatic rings. The van der Waals surface area contributed by atoms with Gasteiger partial charge in [0.15, 0.2) is 0 Å². The van der Waals surface area contributed by atoms with Gasteiger partial charge in [-0.2, -0.15) is 0 Å². The second-order valence-corrected chi connectivity index (χ2v) is 6.42. The second-order valence-electron chi connectivity index (χ2n) is 5.56. The number of hydrogen-bond acceptors (Lipinski definition) is 3. The van der Waals surface area contributed by atoms with E-state index in [1.807, 2.05) is 25.1 Å². The van der Waals surface area contributed by atoms with Crippen molar-refractivity contribution in [1.29, 1.82) is 0 Å².